The second-order valence-electron chi connectivity index (χ2n) is 6.55. The Hall–Kier alpha value is -2.64. The second kappa shape index (κ2) is 8.39. The molecular weight excluding hydrogens is 498 g/mol. The minimum atomic E-state index is -0.198. The first-order chi connectivity index (χ1) is 14.0. The normalized spacial score (nSPS) is 11.5. The minimum absolute atomic E-state index is 0.0662. The van der Waals surface area contributed by atoms with Crippen molar-refractivity contribution in [3.05, 3.63) is 75.2 Å². The number of phenols is 1. The fourth-order valence-electron chi connectivity index (χ4n) is 3.37. The summed E-state index contributed by atoms with van der Waals surface area (Å²) in [7, 11) is 0. The van der Waals surface area contributed by atoms with Crippen LogP contribution in [0, 0.1) is 0 Å². The van der Waals surface area contributed by atoms with Crippen LogP contribution < -0.4 is 5.43 Å². The highest BCUT2D eigenvalue weighted by Crippen LogP contribution is 2.31. The Kier molecular flexibility index (Phi) is 5.69. The molecule has 146 valence electrons. The molecule has 0 radical (unpaired) electrons. The Morgan fingerprint density at radius 3 is 2.31 bits per heavy atom. The van der Waals surface area contributed by atoms with Crippen LogP contribution in [0.5, 0.6) is 5.75 Å². The summed E-state index contributed by atoms with van der Waals surface area (Å²) in [5, 5.41) is 16.4. The number of amides is 1. The number of hydrazone groups is 1. The molecule has 4 aromatic rings. The highest BCUT2D eigenvalue weighted by atomic mass is 79.9. The highest BCUT2D eigenvalue weighted by molar-refractivity contribution is 9.11. The first-order valence-electron chi connectivity index (χ1n) is 9.00. The van der Waals surface area contributed by atoms with Crippen LogP contribution in [0.1, 0.15) is 12.0 Å². The summed E-state index contributed by atoms with van der Waals surface area (Å²) < 4.78 is 3.50. The highest BCUT2D eigenvalue weighted by Gasteiger charge is 2.11. The molecule has 1 amide bonds. The van der Waals surface area contributed by atoms with Gasteiger partial charge < -0.3 is 9.67 Å². The molecule has 0 saturated carbocycles. The van der Waals surface area contributed by atoms with E-state index in [1.165, 1.54) is 17.0 Å². The number of nitrogens with zero attached hydrogens (tertiary/aromatic N) is 2. The number of hydrogen-bond donors (Lipinski definition) is 2. The van der Waals surface area contributed by atoms with Crippen LogP contribution in [0.15, 0.2) is 74.7 Å². The van der Waals surface area contributed by atoms with E-state index < -0.39 is 0 Å². The smallest absolute Gasteiger partial charge is 0.241 e. The molecule has 0 bridgehead atoms. The molecular formula is C22H17Br2N3O2. The van der Waals surface area contributed by atoms with Crippen molar-refractivity contribution < 1.29 is 9.90 Å². The van der Waals surface area contributed by atoms with Crippen molar-refractivity contribution in [1.29, 1.82) is 0 Å². The van der Waals surface area contributed by atoms with Crippen molar-refractivity contribution in [2.75, 3.05) is 0 Å². The first kappa shape index (κ1) is 19.7. The summed E-state index contributed by atoms with van der Waals surface area (Å²) in [5.41, 5.74) is 5.24. The summed E-state index contributed by atoms with van der Waals surface area (Å²) in [4.78, 5) is 12.3. The number of rotatable bonds is 5. The number of aromatic hydroxyl groups is 1. The lowest BCUT2D eigenvalue weighted by molar-refractivity contribution is -0.121. The van der Waals surface area contributed by atoms with Gasteiger partial charge in [0.1, 0.15) is 5.75 Å². The van der Waals surface area contributed by atoms with Gasteiger partial charge in [0.25, 0.3) is 0 Å². The van der Waals surface area contributed by atoms with Gasteiger partial charge in [0.05, 0.1) is 10.7 Å². The van der Waals surface area contributed by atoms with Crippen molar-refractivity contribution >= 4 is 65.8 Å². The van der Waals surface area contributed by atoms with Crippen LogP contribution in [-0.2, 0) is 11.3 Å². The summed E-state index contributed by atoms with van der Waals surface area (Å²) in [5.74, 6) is -0.131. The van der Waals surface area contributed by atoms with Crippen LogP contribution >= 0.6 is 31.9 Å². The van der Waals surface area contributed by atoms with E-state index in [-0.39, 0.29) is 18.1 Å². The Morgan fingerprint density at radius 1 is 1.03 bits per heavy atom. The first-order valence-corrected chi connectivity index (χ1v) is 10.6. The Bertz CT molecular complexity index is 1190. The van der Waals surface area contributed by atoms with Crippen LogP contribution in [0.25, 0.3) is 21.8 Å². The van der Waals surface area contributed by atoms with E-state index in [1.54, 1.807) is 12.1 Å². The molecule has 3 aromatic carbocycles. The van der Waals surface area contributed by atoms with Gasteiger partial charge in [0.15, 0.2) is 0 Å². The van der Waals surface area contributed by atoms with Gasteiger partial charge in [0.2, 0.25) is 5.91 Å². The molecule has 0 spiro atoms. The number of hydrogen-bond acceptors (Lipinski definition) is 3. The average Bonchev–Trinajstić information content (AvgIpc) is 3.04. The number of carbonyl (C=O) groups is 1. The largest absolute Gasteiger partial charge is 0.506 e. The molecule has 7 heteroatoms. The van der Waals surface area contributed by atoms with Crippen LogP contribution in [-0.4, -0.2) is 21.8 Å². The number of aromatic nitrogens is 1. The molecule has 0 aliphatic carbocycles. The zero-order valence-corrected chi connectivity index (χ0v) is 18.4. The number of phenolic OH excluding ortho intramolecular Hbond substituents is 1. The van der Waals surface area contributed by atoms with Crippen molar-refractivity contribution in [2.24, 2.45) is 5.10 Å². The molecule has 2 N–H and O–H groups in total. The predicted molar refractivity (Wildman–Crippen MR) is 123 cm³/mol. The van der Waals surface area contributed by atoms with Gasteiger partial charge >= 0.3 is 0 Å². The third kappa shape index (κ3) is 4.06. The van der Waals surface area contributed by atoms with Crippen molar-refractivity contribution in [3.63, 3.8) is 0 Å². The molecule has 1 aromatic heterocycles. The summed E-state index contributed by atoms with van der Waals surface area (Å²) >= 11 is 6.63. The molecule has 0 fully saturated rings. The van der Waals surface area contributed by atoms with Crippen molar-refractivity contribution in [3.8, 4) is 5.75 Å². The van der Waals surface area contributed by atoms with Crippen LogP contribution in [0.4, 0.5) is 0 Å². The average molecular weight is 515 g/mol. The van der Waals surface area contributed by atoms with E-state index >= 15 is 0 Å². The van der Waals surface area contributed by atoms with E-state index in [1.807, 2.05) is 24.3 Å². The molecule has 0 saturated heterocycles. The lowest BCUT2D eigenvalue weighted by Gasteiger charge is -2.07. The van der Waals surface area contributed by atoms with Gasteiger partial charge in [-0.3, -0.25) is 4.79 Å². The topological polar surface area (TPSA) is 66.6 Å². The fourth-order valence-corrected chi connectivity index (χ4v) is 4.63. The van der Waals surface area contributed by atoms with E-state index in [0.29, 0.717) is 16.6 Å². The number of benzene rings is 3. The lowest BCUT2D eigenvalue weighted by Crippen LogP contribution is -2.19. The van der Waals surface area contributed by atoms with Crippen molar-refractivity contribution in [1.82, 2.24) is 9.99 Å². The second-order valence-corrected chi connectivity index (χ2v) is 8.32. The van der Waals surface area contributed by atoms with Gasteiger partial charge in [0, 0.05) is 44.8 Å². The number of fused-ring (bicyclic) bond motifs is 3. The quantitative estimate of drug-likeness (QED) is 0.270. The van der Waals surface area contributed by atoms with Crippen LogP contribution in [0.2, 0.25) is 0 Å². The summed E-state index contributed by atoms with van der Waals surface area (Å²) in [6.07, 6.45) is 1.71. The SMILES string of the molecule is O=C(CCn1c2ccccc2c2ccccc21)N/N=C/c1cc(Br)cc(Br)c1O. The van der Waals surface area contributed by atoms with Gasteiger partial charge in [-0.1, -0.05) is 52.3 Å². The number of aryl methyl sites for hydroxylation is 1. The maximum Gasteiger partial charge on any atom is 0.241 e. The maximum atomic E-state index is 12.3. The minimum Gasteiger partial charge on any atom is -0.506 e. The molecule has 0 aliphatic rings. The summed E-state index contributed by atoms with van der Waals surface area (Å²) in [6, 6.07) is 19.8. The van der Waals surface area contributed by atoms with Crippen molar-refractivity contribution in [2.45, 2.75) is 13.0 Å². The molecule has 5 nitrogen and oxygen atoms in total. The fraction of sp³-hybridized carbons (Fsp3) is 0.0909. The third-order valence-corrected chi connectivity index (χ3v) is 5.76. The van der Waals surface area contributed by atoms with Gasteiger partial charge in [-0.15, -0.1) is 0 Å². The lowest BCUT2D eigenvalue weighted by atomic mass is 10.2. The number of halogens is 2. The maximum absolute atomic E-state index is 12.3. The molecule has 0 unspecified atom stereocenters. The number of nitrogens with one attached hydrogen (secondary N) is 1. The Morgan fingerprint density at radius 2 is 1.66 bits per heavy atom. The molecule has 0 atom stereocenters. The van der Waals surface area contributed by atoms with Crippen LogP contribution in [0.3, 0.4) is 0 Å². The third-order valence-electron chi connectivity index (χ3n) is 4.69. The Balaban J connectivity index is 1.48. The van der Waals surface area contributed by atoms with E-state index in [9.17, 15) is 9.90 Å². The van der Waals surface area contributed by atoms with Gasteiger partial charge in [-0.05, 0) is 40.2 Å². The van der Waals surface area contributed by atoms with Gasteiger partial charge in [-0.25, -0.2) is 5.43 Å². The molecule has 1 heterocycles. The molecule has 0 aliphatic heterocycles. The van der Waals surface area contributed by atoms with E-state index in [0.717, 1.165) is 15.5 Å². The zero-order chi connectivity index (χ0) is 20.4. The molecule has 4 rings (SSSR count). The standard InChI is InChI=1S/C22H17Br2N3O2/c23-15-11-14(22(29)18(24)12-15)13-25-26-21(28)9-10-27-19-7-3-1-5-16(19)17-6-2-4-8-20(17)27/h1-8,11-13,29H,9-10H2,(H,26,28)/b25-13+. The number of carbonyl (C=O) groups excluding carboxylic acids is 1. The van der Waals surface area contributed by atoms with E-state index in [2.05, 4.69) is 71.2 Å². The van der Waals surface area contributed by atoms with E-state index in [4.69, 9.17) is 0 Å². The molecule has 29 heavy (non-hydrogen) atoms. The zero-order valence-electron chi connectivity index (χ0n) is 15.3. The monoisotopic (exact) mass is 513 g/mol. The number of para-hydroxylation sites is 2. The Labute approximate surface area is 184 Å². The summed E-state index contributed by atoms with van der Waals surface area (Å²) in [6.45, 7) is 0.545. The van der Waals surface area contributed by atoms with Gasteiger partial charge in [-0.2, -0.15) is 5.10 Å². The predicted octanol–water partition coefficient (Wildman–Crippen LogP) is 5.57.